The molecular formula is C22H24N4O3. The van der Waals surface area contributed by atoms with Crippen LogP contribution in [0.5, 0.6) is 0 Å². The molecule has 150 valence electrons. The Bertz CT molecular complexity index is 1090. The van der Waals surface area contributed by atoms with Gasteiger partial charge in [0.2, 0.25) is 0 Å². The molecule has 29 heavy (non-hydrogen) atoms. The van der Waals surface area contributed by atoms with E-state index in [0.717, 1.165) is 25.0 Å². The molecule has 0 saturated carbocycles. The number of carboxylic acids is 1. The van der Waals surface area contributed by atoms with Crippen LogP contribution in [-0.4, -0.2) is 37.6 Å². The number of carbonyl (C=O) groups excluding carboxylic acids is 1. The Morgan fingerprint density at radius 1 is 1.31 bits per heavy atom. The third-order valence-electron chi connectivity index (χ3n) is 5.71. The van der Waals surface area contributed by atoms with Gasteiger partial charge in [-0.2, -0.15) is 5.10 Å². The fourth-order valence-electron chi connectivity index (χ4n) is 4.23. The Hall–Kier alpha value is -3.22. The predicted octanol–water partition coefficient (Wildman–Crippen LogP) is 3.04. The molecule has 0 aliphatic heterocycles. The van der Waals surface area contributed by atoms with Crippen molar-refractivity contribution in [2.45, 2.75) is 51.5 Å². The maximum Gasteiger partial charge on any atom is 0.326 e. The highest BCUT2D eigenvalue weighted by atomic mass is 16.4. The lowest BCUT2D eigenvalue weighted by atomic mass is 9.79. The molecule has 0 spiro atoms. The first-order valence-corrected chi connectivity index (χ1v) is 9.87. The summed E-state index contributed by atoms with van der Waals surface area (Å²) in [5.74, 6) is -1.35. The molecule has 3 aromatic rings. The minimum absolute atomic E-state index is 0.122. The van der Waals surface area contributed by atoms with E-state index in [2.05, 4.69) is 27.5 Å². The fourth-order valence-corrected chi connectivity index (χ4v) is 4.23. The van der Waals surface area contributed by atoms with Crippen molar-refractivity contribution in [3.05, 3.63) is 64.6 Å². The summed E-state index contributed by atoms with van der Waals surface area (Å²) in [7, 11) is 0. The number of aryl methyl sites for hydroxylation is 3. The number of amides is 1. The molecule has 7 nitrogen and oxygen atoms in total. The van der Waals surface area contributed by atoms with Crippen molar-refractivity contribution in [3.63, 3.8) is 0 Å². The van der Waals surface area contributed by atoms with Gasteiger partial charge in [-0.3, -0.25) is 4.79 Å². The number of carbonyl (C=O) groups is 2. The van der Waals surface area contributed by atoms with E-state index in [0.29, 0.717) is 23.3 Å². The molecule has 2 N–H and O–H groups in total. The van der Waals surface area contributed by atoms with Gasteiger partial charge in [-0.05, 0) is 56.6 Å². The van der Waals surface area contributed by atoms with Gasteiger partial charge in [0.05, 0.1) is 17.0 Å². The first kappa shape index (κ1) is 19.1. The number of nitrogens with one attached hydrogen (secondary N) is 1. The average molecular weight is 392 g/mol. The van der Waals surface area contributed by atoms with Crippen LogP contribution in [-0.2, 0) is 11.2 Å². The summed E-state index contributed by atoms with van der Waals surface area (Å²) in [4.78, 5) is 29.0. The van der Waals surface area contributed by atoms with Gasteiger partial charge in [0.1, 0.15) is 6.04 Å². The molecule has 4 rings (SSSR count). The highest BCUT2D eigenvalue weighted by molar-refractivity contribution is 5.97. The van der Waals surface area contributed by atoms with Gasteiger partial charge in [0.25, 0.3) is 5.91 Å². The number of nitrogens with zero attached hydrogens (tertiary/aromatic N) is 3. The molecule has 1 aromatic carbocycles. The van der Waals surface area contributed by atoms with Crippen LogP contribution in [0.4, 0.5) is 0 Å². The lowest BCUT2D eigenvalue weighted by molar-refractivity contribution is -0.139. The number of aliphatic carboxylic acids is 1. The number of rotatable bonds is 5. The molecule has 1 aliphatic rings. The SMILES string of the molecule is Cc1cc2ncc(C(=O)NC(CC3CCCc4ccccc43)C(=O)O)c(C)n2n1. The normalized spacial score (nSPS) is 17.0. The summed E-state index contributed by atoms with van der Waals surface area (Å²) in [6, 6.07) is 9.04. The summed E-state index contributed by atoms with van der Waals surface area (Å²) < 4.78 is 1.61. The van der Waals surface area contributed by atoms with E-state index >= 15 is 0 Å². The van der Waals surface area contributed by atoms with Crippen LogP contribution >= 0.6 is 0 Å². The smallest absolute Gasteiger partial charge is 0.326 e. The Morgan fingerprint density at radius 3 is 2.90 bits per heavy atom. The minimum Gasteiger partial charge on any atom is -0.480 e. The molecule has 0 fully saturated rings. The van der Waals surface area contributed by atoms with Gasteiger partial charge < -0.3 is 10.4 Å². The molecule has 7 heteroatoms. The average Bonchev–Trinajstić information content (AvgIpc) is 3.09. The maximum absolute atomic E-state index is 12.9. The molecule has 0 bridgehead atoms. The van der Waals surface area contributed by atoms with Crippen molar-refractivity contribution in [1.82, 2.24) is 19.9 Å². The van der Waals surface area contributed by atoms with Gasteiger partial charge in [-0.15, -0.1) is 0 Å². The zero-order valence-electron chi connectivity index (χ0n) is 16.6. The molecule has 1 amide bonds. The molecule has 0 saturated heterocycles. The lowest BCUT2D eigenvalue weighted by Crippen LogP contribution is -2.42. The number of benzene rings is 1. The fraction of sp³-hybridized carbons (Fsp3) is 0.364. The third-order valence-corrected chi connectivity index (χ3v) is 5.71. The second kappa shape index (κ2) is 7.66. The van der Waals surface area contributed by atoms with Crippen molar-refractivity contribution < 1.29 is 14.7 Å². The van der Waals surface area contributed by atoms with Crippen LogP contribution in [0, 0.1) is 13.8 Å². The summed E-state index contributed by atoms with van der Waals surface area (Å²) in [5, 5.41) is 16.8. The van der Waals surface area contributed by atoms with Crippen molar-refractivity contribution in [2.75, 3.05) is 0 Å². The molecule has 1 aliphatic carbocycles. The Balaban J connectivity index is 1.56. The number of hydrogen-bond donors (Lipinski definition) is 2. The zero-order chi connectivity index (χ0) is 20.5. The summed E-state index contributed by atoms with van der Waals surface area (Å²) >= 11 is 0. The molecular weight excluding hydrogens is 368 g/mol. The first-order chi connectivity index (χ1) is 13.9. The van der Waals surface area contributed by atoms with Crippen LogP contribution in [0.3, 0.4) is 0 Å². The molecule has 2 heterocycles. The Labute approximate surface area is 168 Å². The van der Waals surface area contributed by atoms with E-state index in [1.807, 2.05) is 25.1 Å². The summed E-state index contributed by atoms with van der Waals surface area (Å²) in [6.45, 7) is 3.64. The minimum atomic E-state index is -1.02. The monoisotopic (exact) mass is 392 g/mol. The van der Waals surface area contributed by atoms with Gasteiger partial charge in [0, 0.05) is 12.3 Å². The van der Waals surface area contributed by atoms with Crippen molar-refractivity contribution in [3.8, 4) is 0 Å². The van der Waals surface area contributed by atoms with E-state index in [-0.39, 0.29) is 5.92 Å². The third kappa shape index (κ3) is 3.72. The van der Waals surface area contributed by atoms with E-state index < -0.39 is 17.9 Å². The lowest BCUT2D eigenvalue weighted by Gasteiger charge is -2.28. The van der Waals surface area contributed by atoms with Crippen molar-refractivity contribution >= 4 is 17.5 Å². The molecule has 2 atom stereocenters. The number of fused-ring (bicyclic) bond motifs is 2. The standard InChI is InChI=1S/C22H24N4O3/c1-13-10-20-23-12-18(14(2)26(20)25-13)21(27)24-19(22(28)29)11-16-8-5-7-15-6-3-4-9-17(15)16/h3-4,6,9-10,12,16,19H,5,7-8,11H2,1-2H3,(H,24,27)(H,28,29). The maximum atomic E-state index is 12.9. The van der Waals surface area contributed by atoms with Gasteiger partial charge >= 0.3 is 5.97 Å². The second-order valence-electron chi connectivity index (χ2n) is 7.70. The van der Waals surface area contributed by atoms with Gasteiger partial charge in [0.15, 0.2) is 5.65 Å². The van der Waals surface area contributed by atoms with Gasteiger partial charge in [-0.25, -0.2) is 14.3 Å². The molecule has 2 unspecified atom stereocenters. The highest BCUT2D eigenvalue weighted by Crippen LogP contribution is 2.34. The number of carboxylic acid groups (broad SMARTS) is 1. The van der Waals surface area contributed by atoms with Crippen molar-refractivity contribution in [2.24, 2.45) is 0 Å². The number of hydrogen-bond acceptors (Lipinski definition) is 4. The van der Waals surface area contributed by atoms with Crippen LogP contribution < -0.4 is 5.32 Å². The van der Waals surface area contributed by atoms with E-state index in [4.69, 9.17) is 0 Å². The first-order valence-electron chi connectivity index (χ1n) is 9.87. The quantitative estimate of drug-likeness (QED) is 0.696. The van der Waals surface area contributed by atoms with E-state index in [1.165, 1.54) is 17.3 Å². The topological polar surface area (TPSA) is 96.6 Å². The largest absolute Gasteiger partial charge is 0.480 e. The van der Waals surface area contributed by atoms with Crippen LogP contribution in [0.2, 0.25) is 0 Å². The van der Waals surface area contributed by atoms with Crippen molar-refractivity contribution in [1.29, 1.82) is 0 Å². The van der Waals surface area contributed by atoms with Gasteiger partial charge in [-0.1, -0.05) is 24.3 Å². The van der Waals surface area contributed by atoms with Crippen LogP contribution in [0.15, 0.2) is 36.5 Å². The van der Waals surface area contributed by atoms with Crippen LogP contribution in [0.25, 0.3) is 5.65 Å². The number of aromatic nitrogens is 3. The molecule has 2 aromatic heterocycles. The predicted molar refractivity (Wildman–Crippen MR) is 108 cm³/mol. The Kier molecular flexibility index (Phi) is 5.05. The summed E-state index contributed by atoms with van der Waals surface area (Å²) in [6.07, 6.45) is 4.82. The summed E-state index contributed by atoms with van der Waals surface area (Å²) in [5.41, 5.74) is 4.90. The van der Waals surface area contributed by atoms with Crippen LogP contribution in [0.1, 0.15) is 58.1 Å². The Morgan fingerprint density at radius 2 is 2.10 bits per heavy atom. The van der Waals surface area contributed by atoms with E-state index in [9.17, 15) is 14.7 Å². The second-order valence-corrected chi connectivity index (χ2v) is 7.70. The zero-order valence-corrected chi connectivity index (χ0v) is 16.6. The van der Waals surface area contributed by atoms with E-state index in [1.54, 1.807) is 11.4 Å². The highest BCUT2D eigenvalue weighted by Gasteiger charge is 2.29. The molecule has 0 radical (unpaired) electrons.